The van der Waals surface area contributed by atoms with Gasteiger partial charge in [0.15, 0.2) is 0 Å². The van der Waals surface area contributed by atoms with Crippen LogP contribution >= 0.6 is 0 Å². The molecule has 0 aromatic heterocycles. The molecule has 1 fully saturated rings. The number of hydrogen-bond acceptors (Lipinski definition) is 6. The van der Waals surface area contributed by atoms with Gasteiger partial charge < -0.3 is 25.8 Å². The van der Waals surface area contributed by atoms with Crippen molar-refractivity contribution in [3.8, 4) is 5.75 Å². The monoisotopic (exact) mass is 544 g/mol. The number of nitrogens with two attached hydrogens (primary N) is 1. The number of carbonyl (C=O) groups is 2. The van der Waals surface area contributed by atoms with Crippen LogP contribution in [-0.4, -0.2) is 79.2 Å². The molecule has 1 aliphatic heterocycles. The molecule has 8 nitrogen and oxygen atoms in total. The molecule has 0 bridgehead atoms. The highest BCUT2D eigenvalue weighted by molar-refractivity contribution is 5.97. The molecule has 1 heterocycles. The normalized spacial score (nSPS) is 18.5. The zero-order chi connectivity index (χ0) is 28.9. The molecule has 2 amide bonds. The van der Waals surface area contributed by atoms with Gasteiger partial charge in [0.2, 0.25) is 5.91 Å². The molecular weight excluding hydrogens is 504 g/mol. The Morgan fingerprint density at radius 3 is 2.20 bits per heavy atom. The number of nitrogen functional groups attached to an aromatic ring is 1. The second-order valence-corrected chi connectivity index (χ2v) is 10.8. The maximum absolute atomic E-state index is 14.0. The van der Waals surface area contributed by atoms with E-state index >= 15 is 0 Å². The van der Waals surface area contributed by atoms with E-state index in [1.807, 2.05) is 60.7 Å². The Hall–Kier alpha value is -3.88. The Kier molecular flexibility index (Phi) is 9.12. The summed E-state index contributed by atoms with van der Waals surface area (Å²) in [6, 6.07) is 24.3. The Labute approximate surface area is 236 Å². The summed E-state index contributed by atoms with van der Waals surface area (Å²) in [5, 5.41) is 14.1. The number of β-amino-alcohol motifs (C(OH)–C–C–N with tert-alkyl or cyclic N) is 1. The van der Waals surface area contributed by atoms with Gasteiger partial charge in [-0.15, -0.1) is 0 Å². The third kappa shape index (κ3) is 5.98. The topological polar surface area (TPSA) is 108 Å². The van der Waals surface area contributed by atoms with Crippen LogP contribution in [0.2, 0.25) is 0 Å². The van der Waals surface area contributed by atoms with Crippen molar-refractivity contribution in [2.45, 2.75) is 43.4 Å². The number of benzene rings is 3. The number of aliphatic hydroxyl groups excluding tert-OH is 1. The quantitative estimate of drug-likeness (QED) is 0.357. The number of methoxy groups -OCH3 is 1. The molecule has 8 heteroatoms. The van der Waals surface area contributed by atoms with Crippen molar-refractivity contribution in [2.24, 2.45) is 0 Å². The molecule has 1 saturated heterocycles. The van der Waals surface area contributed by atoms with Crippen molar-refractivity contribution in [3.05, 3.63) is 95.6 Å². The fourth-order valence-corrected chi connectivity index (χ4v) is 5.80. The minimum atomic E-state index is -0.896. The molecule has 0 radical (unpaired) electrons. The fraction of sp³-hybridized carbons (Fsp3) is 0.375. The van der Waals surface area contributed by atoms with Gasteiger partial charge in [0.1, 0.15) is 11.2 Å². The lowest BCUT2D eigenvalue weighted by molar-refractivity contribution is -0.134. The first kappa shape index (κ1) is 29.1. The highest BCUT2D eigenvalue weighted by Crippen LogP contribution is 2.40. The molecule has 212 valence electrons. The number of nitrogens with one attached hydrogen (secondary N) is 1. The second-order valence-electron chi connectivity index (χ2n) is 10.8. The SMILES string of the molecule is COc1cc(N)ccc1C(=O)N[C@H]1CCN(C(C)CC(C(=O)N(C)C)(c2ccccc2)c2ccccc2)C[C@@H]1O. The van der Waals surface area contributed by atoms with Crippen LogP contribution < -0.4 is 15.8 Å². The van der Waals surface area contributed by atoms with E-state index in [1.165, 1.54) is 7.11 Å². The number of rotatable bonds is 9. The summed E-state index contributed by atoms with van der Waals surface area (Å²) in [5.74, 6) is 0.0878. The third-order valence-electron chi connectivity index (χ3n) is 7.93. The number of likely N-dealkylation sites (N-methyl/N-ethyl adjacent to an activating group) is 1. The van der Waals surface area contributed by atoms with Crippen molar-refractivity contribution in [1.82, 2.24) is 15.1 Å². The van der Waals surface area contributed by atoms with E-state index in [1.54, 1.807) is 37.2 Å². The first-order valence-electron chi connectivity index (χ1n) is 13.7. The molecule has 3 aromatic rings. The maximum atomic E-state index is 14.0. The number of carbonyl (C=O) groups excluding carboxylic acids is 2. The molecule has 1 unspecified atom stereocenters. The maximum Gasteiger partial charge on any atom is 0.255 e. The highest BCUT2D eigenvalue weighted by atomic mass is 16.5. The van der Waals surface area contributed by atoms with Gasteiger partial charge in [-0.3, -0.25) is 14.5 Å². The third-order valence-corrected chi connectivity index (χ3v) is 7.93. The second kappa shape index (κ2) is 12.5. The van der Waals surface area contributed by atoms with Crippen molar-refractivity contribution in [3.63, 3.8) is 0 Å². The van der Waals surface area contributed by atoms with Crippen molar-refractivity contribution >= 4 is 17.5 Å². The van der Waals surface area contributed by atoms with Gasteiger partial charge in [-0.2, -0.15) is 0 Å². The lowest BCUT2D eigenvalue weighted by atomic mass is 9.69. The van der Waals surface area contributed by atoms with Crippen LogP contribution in [0.3, 0.4) is 0 Å². The van der Waals surface area contributed by atoms with Crippen LogP contribution in [0, 0.1) is 0 Å². The van der Waals surface area contributed by atoms with Gasteiger partial charge in [0.05, 0.1) is 24.8 Å². The van der Waals surface area contributed by atoms with Gasteiger partial charge in [0, 0.05) is 45.0 Å². The van der Waals surface area contributed by atoms with Gasteiger partial charge >= 0.3 is 0 Å². The van der Waals surface area contributed by atoms with Gasteiger partial charge in [-0.1, -0.05) is 60.7 Å². The number of anilines is 1. The molecule has 40 heavy (non-hydrogen) atoms. The summed E-state index contributed by atoms with van der Waals surface area (Å²) in [6.07, 6.45) is 0.330. The molecule has 3 atom stereocenters. The minimum absolute atomic E-state index is 0.0110. The van der Waals surface area contributed by atoms with Crippen molar-refractivity contribution in [2.75, 3.05) is 40.0 Å². The zero-order valence-electron chi connectivity index (χ0n) is 23.7. The predicted molar refractivity (Wildman–Crippen MR) is 157 cm³/mol. The highest BCUT2D eigenvalue weighted by Gasteiger charge is 2.45. The average Bonchev–Trinajstić information content (AvgIpc) is 2.97. The van der Waals surface area contributed by atoms with Crippen LogP contribution in [-0.2, 0) is 10.2 Å². The summed E-state index contributed by atoms with van der Waals surface area (Å²) < 4.78 is 5.32. The Morgan fingerprint density at radius 1 is 1.07 bits per heavy atom. The Morgan fingerprint density at radius 2 is 1.68 bits per heavy atom. The predicted octanol–water partition coefficient (Wildman–Crippen LogP) is 3.30. The lowest BCUT2D eigenvalue weighted by Gasteiger charge is -2.44. The summed E-state index contributed by atoms with van der Waals surface area (Å²) in [6.45, 7) is 3.15. The van der Waals surface area contributed by atoms with Crippen LogP contribution in [0.25, 0.3) is 0 Å². The van der Waals surface area contributed by atoms with Crippen LogP contribution in [0.4, 0.5) is 5.69 Å². The van der Waals surface area contributed by atoms with Crippen molar-refractivity contribution in [1.29, 1.82) is 0 Å². The first-order chi connectivity index (χ1) is 19.2. The van der Waals surface area contributed by atoms with Crippen LogP contribution in [0.15, 0.2) is 78.9 Å². The first-order valence-corrected chi connectivity index (χ1v) is 13.7. The summed E-state index contributed by atoms with van der Waals surface area (Å²) in [4.78, 5) is 30.9. The summed E-state index contributed by atoms with van der Waals surface area (Å²) in [7, 11) is 5.08. The molecule has 3 aromatic carbocycles. The molecule has 0 spiro atoms. The Bertz CT molecular complexity index is 1260. The number of likely N-dealkylation sites (tertiary alicyclic amines) is 1. The number of piperidine rings is 1. The van der Waals surface area contributed by atoms with E-state index in [0.717, 1.165) is 11.1 Å². The lowest BCUT2D eigenvalue weighted by Crippen LogP contribution is -2.57. The van der Waals surface area contributed by atoms with E-state index in [-0.39, 0.29) is 17.9 Å². The minimum Gasteiger partial charge on any atom is -0.496 e. The molecule has 0 saturated carbocycles. The molecular formula is C32H40N4O4. The van der Waals surface area contributed by atoms with E-state index in [9.17, 15) is 14.7 Å². The number of hydrogen-bond donors (Lipinski definition) is 3. The number of aliphatic hydroxyl groups is 1. The molecule has 1 aliphatic rings. The Balaban J connectivity index is 1.54. The molecule has 4 N–H and O–H groups in total. The zero-order valence-corrected chi connectivity index (χ0v) is 23.7. The number of nitrogens with zero attached hydrogens (tertiary/aromatic N) is 2. The molecule has 0 aliphatic carbocycles. The van der Waals surface area contributed by atoms with E-state index in [2.05, 4.69) is 17.1 Å². The van der Waals surface area contributed by atoms with Gasteiger partial charge in [-0.25, -0.2) is 0 Å². The summed E-state index contributed by atoms with van der Waals surface area (Å²) in [5.41, 5.74) is 7.68. The summed E-state index contributed by atoms with van der Waals surface area (Å²) >= 11 is 0. The van der Waals surface area contributed by atoms with Crippen LogP contribution in [0.5, 0.6) is 5.75 Å². The van der Waals surface area contributed by atoms with Gasteiger partial charge in [-0.05, 0) is 43.0 Å². The largest absolute Gasteiger partial charge is 0.496 e. The smallest absolute Gasteiger partial charge is 0.255 e. The van der Waals surface area contributed by atoms with Gasteiger partial charge in [0.25, 0.3) is 5.91 Å². The fourth-order valence-electron chi connectivity index (χ4n) is 5.80. The van der Waals surface area contributed by atoms with E-state index in [0.29, 0.717) is 42.9 Å². The standard InChI is InChI=1S/C32H40N4O4/c1-22(20-32(31(39)35(2)3,23-11-7-5-8-12-23)24-13-9-6-10-14-24)36-18-17-27(28(37)21-36)34-30(38)26-16-15-25(33)19-29(26)40-4/h5-16,19,22,27-28,37H,17-18,20-21,33H2,1-4H3,(H,34,38)/t22?,27-,28-/m0/s1. The van der Waals surface area contributed by atoms with E-state index < -0.39 is 17.6 Å². The number of ether oxygens (including phenoxy) is 1. The van der Waals surface area contributed by atoms with Crippen LogP contribution in [0.1, 0.15) is 41.3 Å². The number of amides is 2. The average molecular weight is 545 g/mol. The van der Waals surface area contributed by atoms with Crippen molar-refractivity contribution < 1.29 is 19.4 Å². The molecule has 4 rings (SSSR count). The van der Waals surface area contributed by atoms with E-state index in [4.69, 9.17) is 10.5 Å².